The van der Waals surface area contributed by atoms with Crippen LogP contribution in [-0.4, -0.2) is 25.8 Å². The van der Waals surface area contributed by atoms with Gasteiger partial charge in [0.15, 0.2) is 11.5 Å². The number of pyridine rings is 1. The lowest BCUT2D eigenvalue weighted by atomic mass is 10.2. The Bertz CT molecular complexity index is 587. The first-order chi connectivity index (χ1) is 10.3. The lowest BCUT2D eigenvalue weighted by molar-refractivity contribution is 0.311. The molecule has 1 heterocycles. The van der Waals surface area contributed by atoms with Gasteiger partial charge in [-0.1, -0.05) is 6.07 Å². The number of aromatic nitrogens is 1. The average molecular weight is 288 g/mol. The van der Waals surface area contributed by atoms with Crippen LogP contribution in [0.2, 0.25) is 0 Å². The summed E-state index contributed by atoms with van der Waals surface area (Å²) in [5, 5.41) is 3.31. The summed E-state index contributed by atoms with van der Waals surface area (Å²) in [5.41, 5.74) is 1.85. The van der Waals surface area contributed by atoms with Crippen molar-refractivity contribution in [1.29, 1.82) is 0 Å². The van der Waals surface area contributed by atoms with E-state index in [1.54, 1.807) is 14.2 Å². The molecule has 0 unspecified atom stereocenters. The zero-order chi connectivity index (χ0) is 15.1. The fraction of sp³-hybridized carbons (Fsp3) is 0.312. The molecule has 0 radical (unpaired) electrons. The predicted octanol–water partition coefficient (Wildman–Crippen LogP) is 3.11. The number of ether oxygens (including phenoxy) is 3. The number of hydrogen-bond donors (Lipinski definition) is 1. The van der Waals surface area contributed by atoms with Crippen molar-refractivity contribution in [3.8, 4) is 17.4 Å². The van der Waals surface area contributed by atoms with Gasteiger partial charge in [-0.05, 0) is 25.1 Å². The quantitative estimate of drug-likeness (QED) is 0.848. The molecule has 0 saturated heterocycles. The molecule has 0 fully saturated rings. The van der Waals surface area contributed by atoms with Crippen molar-refractivity contribution < 1.29 is 14.2 Å². The third-order valence-electron chi connectivity index (χ3n) is 2.93. The van der Waals surface area contributed by atoms with Crippen molar-refractivity contribution >= 4 is 5.69 Å². The van der Waals surface area contributed by atoms with Gasteiger partial charge in [0.1, 0.15) is 0 Å². The van der Waals surface area contributed by atoms with E-state index in [4.69, 9.17) is 14.2 Å². The zero-order valence-electron chi connectivity index (χ0n) is 12.6. The number of benzene rings is 1. The Morgan fingerprint density at radius 2 is 1.90 bits per heavy atom. The summed E-state index contributed by atoms with van der Waals surface area (Å²) in [4.78, 5) is 4.36. The summed E-state index contributed by atoms with van der Waals surface area (Å²) < 4.78 is 15.9. The molecule has 2 rings (SSSR count). The van der Waals surface area contributed by atoms with Crippen molar-refractivity contribution in [1.82, 2.24) is 4.98 Å². The third kappa shape index (κ3) is 4.02. The summed E-state index contributed by atoms with van der Waals surface area (Å²) in [7, 11) is 3.24. The van der Waals surface area contributed by atoms with Crippen molar-refractivity contribution in [2.24, 2.45) is 0 Å². The fourth-order valence-corrected chi connectivity index (χ4v) is 1.92. The number of hydrogen-bond acceptors (Lipinski definition) is 5. The molecular formula is C16H20N2O3. The molecule has 1 N–H and O–H groups in total. The number of nitrogens with zero attached hydrogens (tertiary/aromatic N) is 1. The molecule has 5 heteroatoms. The molecule has 0 amide bonds. The zero-order valence-corrected chi connectivity index (χ0v) is 12.6. The summed E-state index contributed by atoms with van der Waals surface area (Å²) in [6.07, 6.45) is 0. The highest BCUT2D eigenvalue weighted by atomic mass is 16.5. The van der Waals surface area contributed by atoms with Gasteiger partial charge in [0, 0.05) is 17.8 Å². The van der Waals surface area contributed by atoms with Gasteiger partial charge < -0.3 is 19.5 Å². The maximum Gasteiger partial charge on any atom is 0.213 e. The minimum atomic E-state index is 0.594. The lowest BCUT2D eigenvalue weighted by Crippen LogP contribution is -2.03. The molecule has 0 aliphatic rings. The Kier molecular flexibility index (Phi) is 5.26. The Labute approximate surface area is 124 Å². The summed E-state index contributed by atoms with van der Waals surface area (Å²) in [5.74, 6) is 2.06. The largest absolute Gasteiger partial charge is 0.493 e. The second kappa shape index (κ2) is 7.38. The molecule has 0 bridgehead atoms. The van der Waals surface area contributed by atoms with Gasteiger partial charge in [0.05, 0.1) is 33.1 Å². The first kappa shape index (κ1) is 15.0. The van der Waals surface area contributed by atoms with E-state index in [0.29, 0.717) is 19.0 Å². The van der Waals surface area contributed by atoms with Crippen LogP contribution >= 0.6 is 0 Å². The van der Waals surface area contributed by atoms with Gasteiger partial charge in [-0.3, -0.25) is 0 Å². The van der Waals surface area contributed by atoms with Crippen LogP contribution in [0.3, 0.4) is 0 Å². The molecule has 1 aromatic carbocycles. The van der Waals surface area contributed by atoms with Crippen LogP contribution in [0.4, 0.5) is 5.69 Å². The number of nitrogens with one attached hydrogen (secondary N) is 1. The van der Waals surface area contributed by atoms with Crippen molar-refractivity contribution in [3.63, 3.8) is 0 Å². The molecule has 0 aliphatic heterocycles. The first-order valence-corrected chi connectivity index (χ1v) is 6.81. The third-order valence-corrected chi connectivity index (χ3v) is 2.93. The van der Waals surface area contributed by atoms with E-state index >= 15 is 0 Å². The first-order valence-electron chi connectivity index (χ1n) is 6.81. The summed E-state index contributed by atoms with van der Waals surface area (Å²) >= 11 is 0. The van der Waals surface area contributed by atoms with E-state index in [1.807, 2.05) is 43.3 Å². The maximum absolute atomic E-state index is 5.56. The maximum atomic E-state index is 5.56. The smallest absolute Gasteiger partial charge is 0.213 e. The van der Waals surface area contributed by atoms with Gasteiger partial charge in [0.25, 0.3) is 0 Å². The Balaban J connectivity index is 2.07. The number of rotatable bonds is 7. The molecule has 1 aromatic heterocycles. The monoisotopic (exact) mass is 288 g/mol. The summed E-state index contributed by atoms with van der Waals surface area (Å²) in [6.45, 7) is 3.14. The molecule has 112 valence electrons. The van der Waals surface area contributed by atoms with E-state index in [2.05, 4.69) is 10.3 Å². The van der Waals surface area contributed by atoms with Crippen LogP contribution in [0, 0.1) is 0 Å². The second-order valence-electron chi connectivity index (χ2n) is 4.32. The Hall–Kier alpha value is -2.43. The second-order valence-corrected chi connectivity index (χ2v) is 4.32. The highest BCUT2D eigenvalue weighted by Crippen LogP contribution is 2.30. The van der Waals surface area contributed by atoms with E-state index in [1.165, 1.54) is 0 Å². The molecule has 5 nitrogen and oxygen atoms in total. The highest BCUT2D eigenvalue weighted by Gasteiger charge is 2.05. The average Bonchev–Trinajstić information content (AvgIpc) is 2.53. The van der Waals surface area contributed by atoms with Crippen LogP contribution in [0.15, 0.2) is 36.4 Å². The van der Waals surface area contributed by atoms with Crippen LogP contribution in [0.25, 0.3) is 0 Å². The standard InChI is InChI=1S/C16H20N2O3/c1-4-21-15-10-12(8-9-14(15)19-2)17-11-13-6-5-7-16(18-13)20-3/h5-10,17H,4,11H2,1-3H3. The Morgan fingerprint density at radius 3 is 2.62 bits per heavy atom. The summed E-state index contributed by atoms with van der Waals surface area (Å²) in [6, 6.07) is 11.4. The minimum absolute atomic E-state index is 0.594. The van der Waals surface area contributed by atoms with Crippen LogP contribution in [0.1, 0.15) is 12.6 Å². The van der Waals surface area contributed by atoms with Gasteiger partial charge in [-0.15, -0.1) is 0 Å². The minimum Gasteiger partial charge on any atom is -0.493 e. The van der Waals surface area contributed by atoms with E-state index in [9.17, 15) is 0 Å². The molecule has 2 aromatic rings. The van der Waals surface area contributed by atoms with Crippen molar-refractivity contribution in [2.45, 2.75) is 13.5 Å². The molecule has 0 saturated carbocycles. The van der Waals surface area contributed by atoms with Gasteiger partial charge in [0.2, 0.25) is 5.88 Å². The normalized spacial score (nSPS) is 10.0. The van der Waals surface area contributed by atoms with Gasteiger partial charge in [-0.2, -0.15) is 0 Å². The van der Waals surface area contributed by atoms with Gasteiger partial charge in [-0.25, -0.2) is 4.98 Å². The van der Waals surface area contributed by atoms with Gasteiger partial charge >= 0.3 is 0 Å². The lowest BCUT2D eigenvalue weighted by Gasteiger charge is -2.12. The molecule has 0 atom stereocenters. The van der Waals surface area contributed by atoms with E-state index in [-0.39, 0.29) is 0 Å². The number of anilines is 1. The van der Waals surface area contributed by atoms with Crippen LogP contribution < -0.4 is 19.5 Å². The fourth-order valence-electron chi connectivity index (χ4n) is 1.92. The van der Waals surface area contributed by atoms with Crippen molar-refractivity contribution in [2.75, 3.05) is 26.1 Å². The van der Waals surface area contributed by atoms with E-state index in [0.717, 1.165) is 22.9 Å². The topological polar surface area (TPSA) is 52.6 Å². The van der Waals surface area contributed by atoms with Crippen molar-refractivity contribution in [3.05, 3.63) is 42.1 Å². The number of methoxy groups -OCH3 is 2. The molecular weight excluding hydrogens is 268 g/mol. The SMILES string of the molecule is CCOc1cc(NCc2cccc(OC)n2)ccc1OC. The van der Waals surface area contributed by atoms with Crippen LogP contribution in [-0.2, 0) is 6.54 Å². The van der Waals surface area contributed by atoms with E-state index < -0.39 is 0 Å². The highest BCUT2D eigenvalue weighted by molar-refractivity contribution is 5.54. The molecule has 0 spiro atoms. The Morgan fingerprint density at radius 1 is 1.05 bits per heavy atom. The molecule has 0 aliphatic carbocycles. The predicted molar refractivity (Wildman–Crippen MR) is 82.3 cm³/mol. The molecule has 21 heavy (non-hydrogen) atoms. The van der Waals surface area contributed by atoms with Crippen LogP contribution in [0.5, 0.6) is 17.4 Å².